The summed E-state index contributed by atoms with van der Waals surface area (Å²) < 4.78 is 0. The molecule has 0 saturated heterocycles. The van der Waals surface area contributed by atoms with Crippen molar-refractivity contribution < 1.29 is 9.59 Å². The summed E-state index contributed by atoms with van der Waals surface area (Å²) >= 11 is 0. The van der Waals surface area contributed by atoms with E-state index in [-0.39, 0.29) is 24.3 Å². The fourth-order valence-corrected chi connectivity index (χ4v) is 3.93. The van der Waals surface area contributed by atoms with E-state index in [1.54, 1.807) is 16.1 Å². The number of hydrazone groups is 1. The van der Waals surface area contributed by atoms with Gasteiger partial charge in [-0.3, -0.25) is 9.78 Å². The normalized spacial score (nSPS) is 16.8. The molecule has 0 fully saturated rings. The average molecular weight is 457 g/mol. The minimum Gasteiger partial charge on any atom is -0.330 e. The number of carbonyl (C=O) groups excluding carboxylic acids is 2. The minimum absolute atomic E-state index is 0. The first-order valence-electron chi connectivity index (χ1n) is 10.5. The molecule has 3 N–H and O–H groups in total. The van der Waals surface area contributed by atoms with Gasteiger partial charge in [0.1, 0.15) is 0 Å². The summed E-state index contributed by atoms with van der Waals surface area (Å²) in [4.78, 5) is 31.2. The maximum atomic E-state index is 12.7. The number of rotatable bonds is 5. The Morgan fingerprint density at radius 2 is 1.88 bits per heavy atom. The minimum atomic E-state index is -0.516. The molecule has 0 bridgehead atoms. The summed E-state index contributed by atoms with van der Waals surface area (Å²) in [5.41, 5.74) is 9.82. The molecule has 4 rings (SSSR count). The first kappa shape index (κ1) is 23.7. The largest absolute Gasteiger partial charge is 0.330 e. The molecular weight excluding hydrogens is 428 g/mol. The molecule has 0 spiro atoms. The summed E-state index contributed by atoms with van der Waals surface area (Å²) in [5, 5.41) is 9.09. The van der Waals surface area contributed by atoms with Crippen LogP contribution in [0.5, 0.6) is 0 Å². The van der Waals surface area contributed by atoms with E-state index in [4.69, 9.17) is 5.73 Å². The summed E-state index contributed by atoms with van der Waals surface area (Å²) in [7, 11) is 0. The number of nitrogens with two attached hydrogens (primary N) is 1. The Morgan fingerprint density at radius 1 is 1.16 bits per heavy atom. The Bertz CT molecular complexity index is 996. The van der Waals surface area contributed by atoms with Crippen LogP contribution >= 0.6 is 12.4 Å². The van der Waals surface area contributed by atoms with E-state index in [1.165, 1.54) is 0 Å². The Kier molecular flexibility index (Phi) is 7.16. The van der Waals surface area contributed by atoms with Gasteiger partial charge in [-0.2, -0.15) is 5.10 Å². The number of halogens is 1. The highest BCUT2D eigenvalue weighted by Gasteiger charge is 2.37. The van der Waals surface area contributed by atoms with Crippen molar-refractivity contribution in [3.8, 4) is 0 Å². The lowest BCUT2D eigenvalue weighted by Crippen LogP contribution is -2.44. The number of nitrogens with zero attached hydrogens (tertiary/aromatic N) is 4. The molecule has 1 aromatic carbocycles. The van der Waals surface area contributed by atoms with Gasteiger partial charge in [-0.15, -0.1) is 12.4 Å². The molecule has 170 valence electrons. The standard InChI is InChI=1S/C23H28N6O2.ClH/c1-23(2)12-20(27-29(21(23)30)11-3-9-24)16-4-6-19(7-5-16)26-22(31)28-14-17-8-10-25-13-18(17)15-28;/h4-8,10,13H,3,9,11-12,14-15,24H2,1-2H3,(H,26,31);1H. The van der Waals surface area contributed by atoms with Gasteiger partial charge in [-0.05, 0) is 47.9 Å². The molecular formula is C23H29ClN6O2. The zero-order chi connectivity index (χ0) is 22.0. The Labute approximate surface area is 194 Å². The molecule has 2 aliphatic heterocycles. The topological polar surface area (TPSA) is 104 Å². The van der Waals surface area contributed by atoms with Gasteiger partial charge in [-0.1, -0.05) is 26.0 Å². The average Bonchev–Trinajstić information content (AvgIpc) is 3.20. The van der Waals surface area contributed by atoms with Crippen molar-refractivity contribution >= 4 is 35.7 Å². The van der Waals surface area contributed by atoms with Gasteiger partial charge < -0.3 is 16.0 Å². The van der Waals surface area contributed by atoms with Crippen LogP contribution in [-0.2, 0) is 17.9 Å². The zero-order valence-electron chi connectivity index (χ0n) is 18.4. The summed E-state index contributed by atoms with van der Waals surface area (Å²) in [5.74, 6) is 0.0235. The van der Waals surface area contributed by atoms with E-state index in [2.05, 4.69) is 15.4 Å². The molecule has 0 saturated carbocycles. The van der Waals surface area contributed by atoms with Crippen LogP contribution in [0.2, 0.25) is 0 Å². The van der Waals surface area contributed by atoms with E-state index in [0.717, 1.165) is 28.1 Å². The third kappa shape index (κ3) is 4.92. The number of carbonyl (C=O) groups is 2. The number of hydrogen-bond donors (Lipinski definition) is 2. The van der Waals surface area contributed by atoms with Crippen molar-refractivity contribution in [2.45, 2.75) is 39.8 Å². The Hall–Kier alpha value is -2.97. The summed E-state index contributed by atoms with van der Waals surface area (Å²) in [6, 6.07) is 9.42. The number of benzene rings is 1. The highest BCUT2D eigenvalue weighted by molar-refractivity contribution is 6.06. The lowest BCUT2D eigenvalue weighted by molar-refractivity contribution is -0.141. The van der Waals surface area contributed by atoms with Gasteiger partial charge in [0.2, 0.25) is 5.91 Å². The van der Waals surface area contributed by atoms with E-state index in [1.807, 2.05) is 50.4 Å². The summed E-state index contributed by atoms with van der Waals surface area (Å²) in [6.45, 7) is 6.06. The van der Waals surface area contributed by atoms with Gasteiger partial charge in [0.15, 0.2) is 0 Å². The van der Waals surface area contributed by atoms with Crippen LogP contribution in [-0.4, -0.2) is 45.6 Å². The van der Waals surface area contributed by atoms with Crippen molar-refractivity contribution in [2.75, 3.05) is 18.4 Å². The zero-order valence-corrected chi connectivity index (χ0v) is 19.2. The number of urea groups is 1. The number of fused-ring (bicyclic) bond motifs is 1. The van der Waals surface area contributed by atoms with Gasteiger partial charge in [0.25, 0.3) is 0 Å². The molecule has 1 aromatic heterocycles. The molecule has 0 aliphatic carbocycles. The molecule has 3 amide bonds. The van der Waals surface area contributed by atoms with Crippen molar-refractivity contribution in [1.82, 2.24) is 14.9 Å². The molecule has 2 aliphatic rings. The van der Waals surface area contributed by atoms with Crippen molar-refractivity contribution in [2.24, 2.45) is 16.3 Å². The first-order valence-corrected chi connectivity index (χ1v) is 10.5. The van der Waals surface area contributed by atoms with Gasteiger partial charge in [0.05, 0.1) is 11.1 Å². The van der Waals surface area contributed by atoms with Gasteiger partial charge >= 0.3 is 6.03 Å². The molecule has 0 unspecified atom stereocenters. The van der Waals surface area contributed by atoms with Crippen LogP contribution in [0.4, 0.5) is 10.5 Å². The Balaban J connectivity index is 0.00000289. The highest BCUT2D eigenvalue weighted by Crippen LogP contribution is 2.31. The number of anilines is 1. The smallest absolute Gasteiger partial charge is 0.322 e. The second-order valence-corrected chi connectivity index (χ2v) is 8.69. The fraction of sp³-hybridized carbons (Fsp3) is 0.391. The third-order valence-corrected chi connectivity index (χ3v) is 5.72. The molecule has 0 radical (unpaired) electrons. The molecule has 0 atom stereocenters. The van der Waals surface area contributed by atoms with Crippen molar-refractivity contribution in [3.63, 3.8) is 0 Å². The van der Waals surface area contributed by atoms with Crippen molar-refractivity contribution in [1.29, 1.82) is 0 Å². The van der Waals surface area contributed by atoms with Crippen LogP contribution < -0.4 is 11.1 Å². The van der Waals surface area contributed by atoms with E-state index < -0.39 is 5.41 Å². The van der Waals surface area contributed by atoms with Crippen LogP contribution in [0, 0.1) is 5.41 Å². The highest BCUT2D eigenvalue weighted by atomic mass is 35.5. The number of pyridine rings is 1. The second kappa shape index (κ2) is 9.67. The van der Waals surface area contributed by atoms with Gasteiger partial charge in [-0.25, -0.2) is 9.80 Å². The third-order valence-electron chi connectivity index (χ3n) is 5.72. The van der Waals surface area contributed by atoms with E-state index in [9.17, 15) is 9.59 Å². The predicted octanol–water partition coefficient (Wildman–Crippen LogP) is 3.36. The number of hydrogen-bond acceptors (Lipinski definition) is 5. The SMILES string of the molecule is CC1(C)CC(c2ccc(NC(=O)N3Cc4ccncc4C3)cc2)=NN(CCCN)C1=O.Cl. The molecule has 8 nitrogen and oxygen atoms in total. The summed E-state index contributed by atoms with van der Waals surface area (Å²) in [6.07, 6.45) is 4.83. The molecule has 2 aromatic rings. The molecule has 32 heavy (non-hydrogen) atoms. The van der Waals surface area contributed by atoms with E-state index >= 15 is 0 Å². The molecule has 9 heteroatoms. The molecule has 3 heterocycles. The maximum Gasteiger partial charge on any atom is 0.322 e. The monoisotopic (exact) mass is 456 g/mol. The first-order chi connectivity index (χ1) is 14.9. The number of aromatic nitrogens is 1. The van der Waals surface area contributed by atoms with Crippen LogP contribution in [0.25, 0.3) is 0 Å². The second-order valence-electron chi connectivity index (χ2n) is 8.69. The Morgan fingerprint density at radius 3 is 2.56 bits per heavy atom. The van der Waals surface area contributed by atoms with Crippen LogP contribution in [0.3, 0.4) is 0 Å². The number of nitrogens with one attached hydrogen (secondary N) is 1. The van der Waals surface area contributed by atoms with Gasteiger partial charge in [0, 0.05) is 44.1 Å². The lowest BCUT2D eigenvalue weighted by atomic mass is 9.82. The lowest BCUT2D eigenvalue weighted by Gasteiger charge is -2.34. The van der Waals surface area contributed by atoms with Crippen LogP contribution in [0.1, 0.15) is 43.4 Å². The number of amides is 3. The van der Waals surface area contributed by atoms with Crippen molar-refractivity contribution in [3.05, 3.63) is 59.4 Å². The maximum absolute atomic E-state index is 12.7. The fourth-order valence-electron chi connectivity index (χ4n) is 3.93. The van der Waals surface area contributed by atoms with E-state index in [0.29, 0.717) is 39.0 Å². The van der Waals surface area contributed by atoms with Crippen LogP contribution in [0.15, 0.2) is 47.8 Å². The quantitative estimate of drug-likeness (QED) is 0.719. The predicted molar refractivity (Wildman–Crippen MR) is 127 cm³/mol.